The molecule has 4 heteroatoms. The predicted molar refractivity (Wildman–Crippen MR) is 88.6 cm³/mol. The molecule has 4 nitrogen and oxygen atoms in total. The zero-order valence-corrected chi connectivity index (χ0v) is 13.3. The van der Waals surface area contributed by atoms with Crippen molar-refractivity contribution in [2.24, 2.45) is 5.73 Å². The zero-order chi connectivity index (χ0) is 15.4. The van der Waals surface area contributed by atoms with Gasteiger partial charge in [0.1, 0.15) is 0 Å². The van der Waals surface area contributed by atoms with Gasteiger partial charge in [-0.3, -0.25) is 9.69 Å². The van der Waals surface area contributed by atoms with E-state index in [9.17, 15) is 4.79 Å². The van der Waals surface area contributed by atoms with Gasteiger partial charge in [-0.25, -0.2) is 0 Å². The van der Waals surface area contributed by atoms with Crippen molar-refractivity contribution in [2.45, 2.75) is 37.6 Å². The summed E-state index contributed by atoms with van der Waals surface area (Å²) >= 11 is 0. The summed E-state index contributed by atoms with van der Waals surface area (Å²) in [6, 6.07) is 10.5. The third kappa shape index (κ3) is 3.33. The molecule has 0 aromatic heterocycles. The number of rotatable bonds is 4. The van der Waals surface area contributed by atoms with Gasteiger partial charge < -0.3 is 10.6 Å². The first-order valence-electron chi connectivity index (χ1n) is 8.57. The Morgan fingerprint density at radius 2 is 1.86 bits per heavy atom. The van der Waals surface area contributed by atoms with Crippen LogP contribution in [0.25, 0.3) is 0 Å². The van der Waals surface area contributed by atoms with E-state index >= 15 is 0 Å². The van der Waals surface area contributed by atoms with Gasteiger partial charge in [0.15, 0.2) is 0 Å². The molecule has 2 fully saturated rings. The molecule has 22 heavy (non-hydrogen) atoms. The molecule has 2 N–H and O–H groups in total. The molecule has 2 atom stereocenters. The maximum Gasteiger partial charge on any atom is 0.231 e. The minimum atomic E-state index is -0.193. The van der Waals surface area contributed by atoms with Crippen molar-refractivity contribution in [2.75, 3.05) is 32.7 Å². The van der Waals surface area contributed by atoms with Gasteiger partial charge in [-0.15, -0.1) is 0 Å². The Morgan fingerprint density at radius 3 is 2.55 bits per heavy atom. The van der Waals surface area contributed by atoms with Crippen molar-refractivity contribution in [1.82, 2.24) is 9.80 Å². The third-order valence-corrected chi connectivity index (χ3v) is 5.12. The van der Waals surface area contributed by atoms with E-state index in [1.165, 1.54) is 32.4 Å². The lowest BCUT2D eigenvalue weighted by Crippen LogP contribution is -2.43. The number of likely N-dealkylation sites (tertiary alicyclic amines) is 2. The molecule has 0 spiro atoms. The number of nitrogens with two attached hydrogens (primary N) is 1. The Labute approximate surface area is 133 Å². The second kappa shape index (κ2) is 7.25. The van der Waals surface area contributed by atoms with E-state index in [0.717, 1.165) is 25.1 Å². The highest BCUT2D eigenvalue weighted by Crippen LogP contribution is 2.24. The number of hydrogen-bond donors (Lipinski definition) is 1. The Morgan fingerprint density at radius 1 is 1.14 bits per heavy atom. The van der Waals surface area contributed by atoms with Gasteiger partial charge in [0.05, 0.1) is 5.92 Å². The van der Waals surface area contributed by atoms with Crippen LogP contribution >= 0.6 is 0 Å². The summed E-state index contributed by atoms with van der Waals surface area (Å²) in [4.78, 5) is 17.4. The first-order chi connectivity index (χ1) is 10.8. The van der Waals surface area contributed by atoms with E-state index in [2.05, 4.69) is 4.90 Å². The topological polar surface area (TPSA) is 49.6 Å². The lowest BCUT2D eigenvalue weighted by atomic mass is 9.98. The summed E-state index contributed by atoms with van der Waals surface area (Å²) in [6.45, 7) is 4.54. The minimum absolute atomic E-state index is 0.193. The first kappa shape index (κ1) is 15.5. The van der Waals surface area contributed by atoms with Gasteiger partial charge in [0.25, 0.3) is 0 Å². The first-order valence-corrected chi connectivity index (χ1v) is 8.57. The summed E-state index contributed by atoms with van der Waals surface area (Å²) < 4.78 is 0. The fourth-order valence-electron chi connectivity index (χ4n) is 3.81. The lowest BCUT2D eigenvalue weighted by Gasteiger charge is -2.32. The fraction of sp³-hybridized carbons (Fsp3) is 0.611. The number of amides is 1. The van der Waals surface area contributed by atoms with Crippen LogP contribution in [0.5, 0.6) is 0 Å². The van der Waals surface area contributed by atoms with Gasteiger partial charge in [-0.1, -0.05) is 36.8 Å². The summed E-state index contributed by atoms with van der Waals surface area (Å²) in [7, 11) is 0. The lowest BCUT2D eigenvalue weighted by molar-refractivity contribution is -0.131. The monoisotopic (exact) mass is 301 g/mol. The van der Waals surface area contributed by atoms with E-state index in [-0.39, 0.29) is 11.8 Å². The Hall–Kier alpha value is -1.39. The molecule has 0 saturated carbocycles. The molecule has 2 saturated heterocycles. The van der Waals surface area contributed by atoms with Crippen LogP contribution < -0.4 is 5.73 Å². The van der Waals surface area contributed by atoms with E-state index in [0.29, 0.717) is 12.6 Å². The van der Waals surface area contributed by atoms with Crippen molar-refractivity contribution in [3.63, 3.8) is 0 Å². The molecule has 1 amide bonds. The molecule has 2 aliphatic rings. The highest BCUT2D eigenvalue weighted by molar-refractivity contribution is 5.84. The molecule has 1 aromatic carbocycles. The van der Waals surface area contributed by atoms with Gasteiger partial charge in [-0.2, -0.15) is 0 Å². The molecule has 0 bridgehead atoms. The van der Waals surface area contributed by atoms with Crippen LogP contribution in [0, 0.1) is 0 Å². The molecule has 3 rings (SSSR count). The zero-order valence-electron chi connectivity index (χ0n) is 13.3. The quantitative estimate of drug-likeness (QED) is 0.923. The standard InChI is InChI=1S/C18H27N3O/c19-13-17(15-7-3-1-4-8-15)18(22)21-12-9-16(14-21)20-10-5-2-6-11-20/h1,3-4,7-8,16-17H,2,5-6,9-14,19H2. The van der Waals surface area contributed by atoms with E-state index in [1.54, 1.807) is 0 Å². The summed E-state index contributed by atoms with van der Waals surface area (Å²) in [5.74, 6) is 0.00881. The third-order valence-electron chi connectivity index (χ3n) is 5.12. The molecule has 2 aliphatic heterocycles. The number of carbonyl (C=O) groups is 1. The molecule has 2 heterocycles. The van der Waals surface area contributed by atoms with Crippen LogP contribution in [0.3, 0.4) is 0 Å². The van der Waals surface area contributed by atoms with Crippen LogP contribution in [0.4, 0.5) is 0 Å². The van der Waals surface area contributed by atoms with Crippen molar-refractivity contribution < 1.29 is 4.79 Å². The molecular formula is C18H27N3O. The van der Waals surface area contributed by atoms with Crippen LogP contribution in [0.1, 0.15) is 37.2 Å². The fourth-order valence-corrected chi connectivity index (χ4v) is 3.81. The van der Waals surface area contributed by atoms with Crippen LogP contribution in [-0.4, -0.2) is 54.5 Å². The number of carbonyl (C=O) groups excluding carboxylic acids is 1. The van der Waals surface area contributed by atoms with Gasteiger partial charge in [0, 0.05) is 25.7 Å². The van der Waals surface area contributed by atoms with Gasteiger partial charge in [-0.05, 0) is 37.9 Å². The maximum absolute atomic E-state index is 12.8. The van der Waals surface area contributed by atoms with Crippen LogP contribution in [0.2, 0.25) is 0 Å². The highest BCUT2D eigenvalue weighted by Gasteiger charge is 2.33. The van der Waals surface area contributed by atoms with E-state index < -0.39 is 0 Å². The summed E-state index contributed by atoms with van der Waals surface area (Å²) in [6.07, 6.45) is 5.08. The summed E-state index contributed by atoms with van der Waals surface area (Å²) in [5, 5.41) is 0. The maximum atomic E-state index is 12.8. The number of piperidine rings is 1. The largest absolute Gasteiger partial charge is 0.340 e. The molecule has 1 aromatic rings. The molecule has 2 unspecified atom stereocenters. The second-order valence-electron chi connectivity index (χ2n) is 6.52. The molecule has 0 aliphatic carbocycles. The van der Waals surface area contributed by atoms with Gasteiger partial charge in [0.2, 0.25) is 5.91 Å². The van der Waals surface area contributed by atoms with E-state index in [4.69, 9.17) is 5.73 Å². The Balaban J connectivity index is 1.62. The normalized spacial score (nSPS) is 24.4. The van der Waals surface area contributed by atoms with Crippen LogP contribution in [-0.2, 0) is 4.79 Å². The van der Waals surface area contributed by atoms with Crippen LogP contribution in [0.15, 0.2) is 30.3 Å². The Kier molecular flexibility index (Phi) is 5.11. The van der Waals surface area contributed by atoms with Crippen molar-refractivity contribution >= 4 is 5.91 Å². The van der Waals surface area contributed by atoms with Gasteiger partial charge >= 0.3 is 0 Å². The average Bonchev–Trinajstić information content (AvgIpc) is 3.07. The number of benzene rings is 1. The molecule has 120 valence electrons. The van der Waals surface area contributed by atoms with E-state index in [1.807, 2.05) is 35.2 Å². The number of hydrogen-bond acceptors (Lipinski definition) is 3. The van der Waals surface area contributed by atoms with Crippen molar-refractivity contribution in [3.8, 4) is 0 Å². The molecule has 0 radical (unpaired) electrons. The second-order valence-corrected chi connectivity index (χ2v) is 6.52. The van der Waals surface area contributed by atoms with Crippen molar-refractivity contribution in [1.29, 1.82) is 0 Å². The smallest absolute Gasteiger partial charge is 0.231 e. The number of nitrogens with zero attached hydrogens (tertiary/aromatic N) is 2. The highest BCUT2D eigenvalue weighted by atomic mass is 16.2. The molecular weight excluding hydrogens is 274 g/mol. The van der Waals surface area contributed by atoms with Crippen molar-refractivity contribution in [3.05, 3.63) is 35.9 Å². The predicted octanol–water partition coefficient (Wildman–Crippen LogP) is 1.82. The average molecular weight is 301 g/mol. The Bertz CT molecular complexity index is 484. The minimum Gasteiger partial charge on any atom is -0.340 e. The SMILES string of the molecule is NCC(C(=O)N1CCC(N2CCCCC2)C1)c1ccccc1. The summed E-state index contributed by atoms with van der Waals surface area (Å²) in [5.41, 5.74) is 6.93.